The van der Waals surface area contributed by atoms with Crippen molar-refractivity contribution in [1.82, 2.24) is 4.90 Å². The second-order valence-electron chi connectivity index (χ2n) is 4.93. The summed E-state index contributed by atoms with van der Waals surface area (Å²) in [6, 6.07) is 5.44. The molecule has 21 heavy (non-hydrogen) atoms. The Labute approximate surface area is 122 Å². The van der Waals surface area contributed by atoms with Crippen LogP contribution in [0.2, 0.25) is 0 Å². The van der Waals surface area contributed by atoms with E-state index in [-0.39, 0.29) is 6.42 Å². The lowest BCUT2D eigenvalue weighted by atomic mass is 10.0. The van der Waals surface area contributed by atoms with E-state index in [4.69, 9.17) is 9.47 Å². The number of allylic oxidation sites excluding steroid dienone is 1. The Bertz CT molecular complexity index is 514. The molecule has 2 rings (SSSR count). The van der Waals surface area contributed by atoms with Gasteiger partial charge in [-0.15, -0.1) is 0 Å². The fourth-order valence-electron chi connectivity index (χ4n) is 2.31. The summed E-state index contributed by atoms with van der Waals surface area (Å²) in [5.41, 5.74) is 0.911. The van der Waals surface area contributed by atoms with E-state index in [0.29, 0.717) is 24.6 Å². The lowest BCUT2D eigenvalue weighted by Gasteiger charge is -2.29. The number of halogens is 3. The Morgan fingerprint density at radius 1 is 1.24 bits per heavy atom. The number of ether oxygens (including phenoxy) is 2. The highest BCUT2D eigenvalue weighted by Gasteiger charge is 2.38. The Balaban J connectivity index is 2.06. The van der Waals surface area contributed by atoms with Crippen LogP contribution in [0.4, 0.5) is 13.2 Å². The van der Waals surface area contributed by atoms with E-state index in [1.807, 2.05) is 17.0 Å². The molecule has 1 aromatic carbocycles. The van der Waals surface area contributed by atoms with Crippen LogP contribution in [0, 0.1) is 5.92 Å². The van der Waals surface area contributed by atoms with Gasteiger partial charge >= 0.3 is 6.18 Å². The third-order valence-electron chi connectivity index (χ3n) is 3.54. The highest BCUT2D eigenvalue weighted by Crippen LogP contribution is 2.33. The topological polar surface area (TPSA) is 21.7 Å². The second-order valence-corrected chi connectivity index (χ2v) is 4.93. The minimum Gasteiger partial charge on any atom is -0.497 e. The van der Waals surface area contributed by atoms with Crippen molar-refractivity contribution in [1.29, 1.82) is 0 Å². The molecule has 0 bridgehead atoms. The Kier molecular flexibility index (Phi) is 4.65. The predicted molar refractivity (Wildman–Crippen MR) is 73.3 cm³/mol. The van der Waals surface area contributed by atoms with Crippen LogP contribution in [0.25, 0.3) is 0 Å². The van der Waals surface area contributed by atoms with Gasteiger partial charge in [-0.1, -0.05) is 6.08 Å². The standard InChI is InChI=1S/C15H18F3NO2/c1-20-13-4-3-11(14(9-13)21-2)10-19-7-5-12(6-8-19)15(16,17)18/h3-5,7,9,12H,6,8,10H2,1-2H3. The van der Waals surface area contributed by atoms with Crippen molar-refractivity contribution in [3.63, 3.8) is 0 Å². The van der Waals surface area contributed by atoms with Gasteiger partial charge in [0.25, 0.3) is 0 Å². The number of methoxy groups -OCH3 is 2. The number of benzene rings is 1. The number of nitrogens with zero attached hydrogens (tertiary/aromatic N) is 1. The van der Waals surface area contributed by atoms with E-state index < -0.39 is 12.1 Å². The molecule has 0 saturated carbocycles. The molecule has 1 unspecified atom stereocenters. The van der Waals surface area contributed by atoms with Crippen molar-refractivity contribution in [2.24, 2.45) is 5.92 Å². The Morgan fingerprint density at radius 2 is 2.00 bits per heavy atom. The van der Waals surface area contributed by atoms with Crippen molar-refractivity contribution in [2.75, 3.05) is 20.8 Å². The molecular formula is C15H18F3NO2. The van der Waals surface area contributed by atoms with Gasteiger partial charge in [0.2, 0.25) is 0 Å². The summed E-state index contributed by atoms with van der Waals surface area (Å²) in [4.78, 5) is 1.85. The molecule has 6 heteroatoms. The molecule has 1 aromatic rings. The fourth-order valence-corrected chi connectivity index (χ4v) is 2.31. The van der Waals surface area contributed by atoms with Crippen LogP contribution < -0.4 is 9.47 Å². The maximum absolute atomic E-state index is 12.6. The lowest BCUT2D eigenvalue weighted by Crippen LogP contribution is -2.31. The summed E-state index contributed by atoms with van der Waals surface area (Å²) >= 11 is 0. The van der Waals surface area contributed by atoms with Crippen LogP contribution in [0.1, 0.15) is 12.0 Å². The zero-order valence-corrected chi connectivity index (χ0v) is 12.0. The third kappa shape index (κ3) is 3.83. The van der Waals surface area contributed by atoms with E-state index in [0.717, 1.165) is 5.56 Å². The number of hydrogen-bond acceptors (Lipinski definition) is 3. The largest absolute Gasteiger partial charge is 0.497 e. The van der Waals surface area contributed by atoms with Crippen LogP contribution in [0.3, 0.4) is 0 Å². The molecule has 0 radical (unpaired) electrons. The predicted octanol–water partition coefficient (Wildman–Crippen LogP) is 3.60. The van der Waals surface area contributed by atoms with Gasteiger partial charge < -0.3 is 14.4 Å². The van der Waals surface area contributed by atoms with Gasteiger partial charge in [0.05, 0.1) is 20.1 Å². The molecule has 0 aromatic heterocycles. The van der Waals surface area contributed by atoms with Gasteiger partial charge in [-0.2, -0.15) is 13.2 Å². The van der Waals surface area contributed by atoms with Crippen molar-refractivity contribution < 1.29 is 22.6 Å². The number of hydrogen-bond donors (Lipinski definition) is 0. The molecule has 3 nitrogen and oxygen atoms in total. The van der Waals surface area contributed by atoms with Crippen LogP contribution in [-0.2, 0) is 6.54 Å². The number of rotatable bonds is 4. The average molecular weight is 301 g/mol. The van der Waals surface area contributed by atoms with Gasteiger partial charge in [0.1, 0.15) is 11.5 Å². The van der Waals surface area contributed by atoms with Gasteiger partial charge in [0.15, 0.2) is 0 Å². The first-order valence-electron chi connectivity index (χ1n) is 6.64. The van der Waals surface area contributed by atoms with Gasteiger partial charge in [-0.25, -0.2) is 0 Å². The molecule has 0 fully saturated rings. The van der Waals surface area contributed by atoms with Crippen LogP contribution in [0.15, 0.2) is 30.5 Å². The lowest BCUT2D eigenvalue weighted by molar-refractivity contribution is -0.164. The number of alkyl halides is 3. The maximum atomic E-state index is 12.6. The normalized spacial score (nSPS) is 18.7. The molecule has 1 aliphatic heterocycles. The summed E-state index contributed by atoms with van der Waals surface area (Å²) in [7, 11) is 3.13. The van der Waals surface area contributed by atoms with Crippen LogP contribution in [-0.4, -0.2) is 31.8 Å². The monoisotopic (exact) mass is 301 g/mol. The highest BCUT2D eigenvalue weighted by atomic mass is 19.4. The van der Waals surface area contributed by atoms with Gasteiger partial charge in [-0.05, 0) is 24.8 Å². The Hall–Kier alpha value is -1.85. The maximum Gasteiger partial charge on any atom is 0.395 e. The molecule has 0 aliphatic carbocycles. The van der Waals surface area contributed by atoms with Gasteiger partial charge in [-0.3, -0.25) is 0 Å². The van der Waals surface area contributed by atoms with Crippen LogP contribution >= 0.6 is 0 Å². The summed E-state index contributed by atoms with van der Waals surface area (Å²) < 4.78 is 48.2. The molecule has 1 atom stereocenters. The molecule has 0 N–H and O–H groups in total. The van der Waals surface area contributed by atoms with E-state index in [1.54, 1.807) is 20.3 Å². The first-order chi connectivity index (χ1) is 9.94. The molecule has 0 spiro atoms. The SMILES string of the molecule is COc1ccc(CN2C=CC(C(F)(F)F)CC2)c(OC)c1. The minimum atomic E-state index is -4.15. The molecule has 0 amide bonds. The van der Waals surface area contributed by atoms with Crippen molar-refractivity contribution in [3.8, 4) is 11.5 Å². The zero-order chi connectivity index (χ0) is 15.5. The van der Waals surface area contributed by atoms with Crippen molar-refractivity contribution >= 4 is 0 Å². The molecule has 0 saturated heterocycles. The fraction of sp³-hybridized carbons (Fsp3) is 0.467. The Morgan fingerprint density at radius 3 is 2.52 bits per heavy atom. The average Bonchev–Trinajstić information content (AvgIpc) is 2.47. The first-order valence-corrected chi connectivity index (χ1v) is 6.64. The smallest absolute Gasteiger partial charge is 0.395 e. The van der Waals surface area contributed by atoms with Crippen molar-refractivity contribution in [2.45, 2.75) is 19.1 Å². The zero-order valence-electron chi connectivity index (χ0n) is 12.0. The molecule has 1 heterocycles. The summed E-state index contributed by atoms with van der Waals surface area (Å²) in [6.07, 6.45) is -1.33. The quantitative estimate of drug-likeness (QED) is 0.848. The molecule has 1 aliphatic rings. The third-order valence-corrected chi connectivity index (χ3v) is 3.54. The van der Waals surface area contributed by atoms with Gasteiger partial charge in [0, 0.05) is 24.7 Å². The van der Waals surface area contributed by atoms with E-state index >= 15 is 0 Å². The van der Waals surface area contributed by atoms with Crippen LogP contribution in [0.5, 0.6) is 11.5 Å². The first kappa shape index (κ1) is 15.5. The second kappa shape index (κ2) is 6.28. The minimum absolute atomic E-state index is 0.0818. The molecular weight excluding hydrogens is 283 g/mol. The van der Waals surface area contributed by atoms with E-state index in [2.05, 4.69) is 0 Å². The summed E-state index contributed by atoms with van der Waals surface area (Å²) in [5, 5.41) is 0. The van der Waals surface area contributed by atoms with E-state index in [1.165, 1.54) is 12.3 Å². The highest BCUT2D eigenvalue weighted by molar-refractivity contribution is 5.40. The molecule has 116 valence electrons. The summed E-state index contributed by atoms with van der Waals surface area (Å²) in [6.45, 7) is 0.879. The van der Waals surface area contributed by atoms with E-state index in [9.17, 15) is 13.2 Å². The summed E-state index contributed by atoms with van der Waals surface area (Å²) in [5.74, 6) is 0.00845. The van der Waals surface area contributed by atoms with Crippen molar-refractivity contribution in [3.05, 3.63) is 36.0 Å².